The molecule has 1 saturated heterocycles. The highest BCUT2D eigenvalue weighted by Gasteiger charge is 2.26. The van der Waals surface area contributed by atoms with Gasteiger partial charge in [-0.1, -0.05) is 31.5 Å². The minimum absolute atomic E-state index is 0. The van der Waals surface area contributed by atoms with Crippen molar-refractivity contribution in [2.75, 3.05) is 32.8 Å². The van der Waals surface area contributed by atoms with Crippen molar-refractivity contribution in [2.45, 2.75) is 45.6 Å². The van der Waals surface area contributed by atoms with Gasteiger partial charge in [-0.15, -0.1) is 24.8 Å². The number of aromatic nitrogens is 1. The van der Waals surface area contributed by atoms with Crippen LogP contribution < -0.4 is 10.1 Å². The highest BCUT2D eigenvalue weighted by atomic mass is 35.5. The predicted molar refractivity (Wildman–Crippen MR) is 123 cm³/mol. The van der Waals surface area contributed by atoms with Gasteiger partial charge in [-0.3, -0.25) is 4.79 Å². The molecule has 2 aromatic rings. The molecule has 0 bridgehead atoms. The van der Waals surface area contributed by atoms with E-state index >= 15 is 0 Å². The van der Waals surface area contributed by atoms with E-state index in [1.54, 1.807) is 0 Å². The zero-order valence-electron chi connectivity index (χ0n) is 17.2. The van der Waals surface area contributed by atoms with Gasteiger partial charge in [0.1, 0.15) is 5.56 Å². The Morgan fingerprint density at radius 2 is 1.93 bits per heavy atom. The summed E-state index contributed by atoms with van der Waals surface area (Å²) >= 11 is 0. The van der Waals surface area contributed by atoms with Gasteiger partial charge in [-0.25, -0.2) is 0 Å². The molecule has 5 nitrogen and oxygen atoms in total. The van der Waals surface area contributed by atoms with Gasteiger partial charge in [-0.2, -0.15) is 0 Å². The fourth-order valence-electron chi connectivity index (χ4n) is 4.38. The standard InChI is InChI=1S/C22H31N3O2.2ClH/c1-2-3-11-24-13-9-17(10-14-24)16-23-21(26)20-18-7-4-5-8-19(18)25-12-6-15-27-22(20)25;;/h4-5,7-8,17H,2-3,6,9-16H2,1H3,(H,23,26);2*1H. The van der Waals surface area contributed by atoms with Crippen molar-refractivity contribution >= 4 is 41.6 Å². The van der Waals surface area contributed by atoms with Crippen LogP contribution in [0.15, 0.2) is 24.3 Å². The number of carbonyl (C=O) groups is 1. The second-order valence-electron chi connectivity index (χ2n) is 7.90. The molecule has 0 aliphatic carbocycles. The molecular formula is C22H33Cl2N3O2. The van der Waals surface area contributed by atoms with Gasteiger partial charge in [0.2, 0.25) is 5.88 Å². The van der Waals surface area contributed by atoms with E-state index in [0.717, 1.165) is 49.4 Å². The van der Waals surface area contributed by atoms with E-state index in [-0.39, 0.29) is 30.7 Å². The molecule has 1 N–H and O–H groups in total. The van der Waals surface area contributed by atoms with E-state index in [1.807, 2.05) is 18.2 Å². The van der Waals surface area contributed by atoms with Crippen molar-refractivity contribution in [2.24, 2.45) is 5.92 Å². The average molecular weight is 442 g/mol. The van der Waals surface area contributed by atoms with Crippen molar-refractivity contribution in [1.29, 1.82) is 0 Å². The highest BCUT2D eigenvalue weighted by molar-refractivity contribution is 6.09. The molecule has 0 spiro atoms. The number of carbonyl (C=O) groups excluding carboxylic acids is 1. The summed E-state index contributed by atoms with van der Waals surface area (Å²) in [6.45, 7) is 8.15. The third kappa shape index (κ3) is 5.19. The molecule has 1 fully saturated rings. The fraction of sp³-hybridized carbons (Fsp3) is 0.591. The minimum atomic E-state index is 0. The van der Waals surface area contributed by atoms with E-state index in [2.05, 4.69) is 27.8 Å². The van der Waals surface area contributed by atoms with Crippen LogP contribution >= 0.6 is 24.8 Å². The summed E-state index contributed by atoms with van der Waals surface area (Å²) in [6.07, 6.45) is 5.88. The number of piperidine rings is 1. The number of likely N-dealkylation sites (tertiary alicyclic amines) is 1. The average Bonchev–Trinajstić information content (AvgIpc) is 3.06. The van der Waals surface area contributed by atoms with Crippen molar-refractivity contribution in [1.82, 2.24) is 14.8 Å². The van der Waals surface area contributed by atoms with Gasteiger partial charge < -0.3 is 19.5 Å². The quantitative estimate of drug-likeness (QED) is 0.716. The maximum atomic E-state index is 13.0. The van der Waals surface area contributed by atoms with Crippen LogP contribution in [0.2, 0.25) is 0 Å². The molecule has 7 heteroatoms. The SMILES string of the molecule is CCCCN1CCC(CNC(=O)c2c3n(c4ccccc24)CCCO3)CC1.Cl.Cl. The van der Waals surface area contributed by atoms with Crippen LogP contribution in [0.25, 0.3) is 10.9 Å². The van der Waals surface area contributed by atoms with Crippen LogP contribution in [0.3, 0.4) is 0 Å². The normalized spacial score (nSPS) is 17.0. The number of rotatable bonds is 6. The molecule has 162 valence electrons. The van der Waals surface area contributed by atoms with Crippen molar-refractivity contribution in [3.05, 3.63) is 29.8 Å². The molecule has 3 heterocycles. The number of benzene rings is 1. The number of nitrogens with one attached hydrogen (secondary N) is 1. The summed E-state index contributed by atoms with van der Waals surface area (Å²) in [4.78, 5) is 15.6. The summed E-state index contributed by atoms with van der Waals surface area (Å²) in [5.41, 5.74) is 1.81. The molecule has 1 aromatic carbocycles. The molecule has 2 aliphatic heterocycles. The Morgan fingerprint density at radius 3 is 2.69 bits per heavy atom. The molecule has 1 amide bonds. The molecule has 1 aromatic heterocycles. The second kappa shape index (κ2) is 11.1. The van der Waals surface area contributed by atoms with Crippen LogP contribution in [-0.4, -0.2) is 48.2 Å². The first-order chi connectivity index (χ1) is 13.3. The summed E-state index contributed by atoms with van der Waals surface area (Å²) in [6, 6.07) is 8.14. The topological polar surface area (TPSA) is 46.5 Å². The summed E-state index contributed by atoms with van der Waals surface area (Å²) in [5.74, 6) is 1.34. The van der Waals surface area contributed by atoms with Crippen molar-refractivity contribution in [3.63, 3.8) is 0 Å². The molecule has 0 unspecified atom stereocenters. The fourth-order valence-corrected chi connectivity index (χ4v) is 4.38. The van der Waals surface area contributed by atoms with Gasteiger partial charge in [0.15, 0.2) is 0 Å². The van der Waals surface area contributed by atoms with Crippen LogP contribution in [0, 0.1) is 5.92 Å². The smallest absolute Gasteiger partial charge is 0.257 e. The number of halogens is 2. The lowest BCUT2D eigenvalue weighted by Crippen LogP contribution is -2.39. The Morgan fingerprint density at radius 1 is 1.17 bits per heavy atom. The monoisotopic (exact) mass is 441 g/mol. The van der Waals surface area contributed by atoms with Crippen LogP contribution in [0.5, 0.6) is 5.88 Å². The van der Waals surface area contributed by atoms with E-state index in [4.69, 9.17) is 4.74 Å². The lowest BCUT2D eigenvalue weighted by molar-refractivity contribution is 0.0931. The number of nitrogens with zero attached hydrogens (tertiary/aromatic N) is 2. The van der Waals surface area contributed by atoms with Crippen LogP contribution in [0.1, 0.15) is 49.4 Å². The number of aryl methyl sites for hydroxylation is 1. The lowest BCUT2D eigenvalue weighted by atomic mass is 9.96. The number of amides is 1. The predicted octanol–water partition coefficient (Wildman–Crippen LogP) is 4.51. The summed E-state index contributed by atoms with van der Waals surface area (Å²) in [5, 5.41) is 4.21. The Balaban J connectivity index is 0.00000150. The maximum absolute atomic E-state index is 13.0. The molecule has 29 heavy (non-hydrogen) atoms. The number of hydrogen-bond donors (Lipinski definition) is 1. The third-order valence-corrected chi connectivity index (χ3v) is 6.00. The summed E-state index contributed by atoms with van der Waals surface area (Å²) in [7, 11) is 0. The van der Waals surface area contributed by atoms with E-state index in [0.29, 0.717) is 18.1 Å². The molecule has 4 rings (SSSR count). The molecule has 0 radical (unpaired) electrons. The first-order valence-corrected chi connectivity index (χ1v) is 10.5. The van der Waals surface area contributed by atoms with Gasteiger partial charge in [0.25, 0.3) is 5.91 Å². The maximum Gasteiger partial charge on any atom is 0.257 e. The van der Waals surface area contributed by atoms with Crippen molar-refractivity contribution < 1.29 is 9.53 Å². The molecular weight excluding hydrogens is 409 g/mol. The Kier molecular flexibility index (Phi) is 9.12. The van der Waals surface area contributed by atoms with E-state index in [1.165, 1.54) is 32.2 Å². The molecule has 0 saturated carbocycles. The zero-order valence-corrected chi connectivity index (χ0v) is 18.8. The van der Waals surface area contributed by atoms with Gasteiger partial charge in [0.05, 0.1) is 12.1 Å². The van der Waals surface area contributed by atoms with Crippen LogP contribution in [-0.2, 0) is 6.54 Å². The van der Waals surface area contributed by atoms with Gasteiger partial charge in [0, 0.05) is 18.5 Å². The number of hydrogen-bond acceptors (Lipinski definition) is 3. The first-order valence-electron chi connectivity index (χ1n) is 10.5. The zero-order chi connectivity index (χ0) is 18.6. The van der Waals surface area contributed by atoms with E-state index < -0.39 is 0 Å². The number of para-hydroxylation sites is 1. The number of fused-ring (bicyclic) bond motifs is 3. The van der Waals surface area contributed by atoms with Gasteiger partial charge >= 0.3 is 0 Å². The largest absolute Gasteiger partial charge is 0.478 e. The van der Waals surface area contributed by atoms with Crippen LogP contribution in [0.4, 0.5) is 0 Å². The van der Waals surface area contributed by atoms with Crippen molar-refractivity contribution in [3.8, 4) is 5.88 Å². The Bertz CT molecular complexity index is 801. The second-order valence-corrected chi connectivity index (χ2v) is 7.90. The van der Waals surface area contributed by atoms with Gasteiger partial charge in [-0.05, 0) is 57.3 Å². The van der Waals surface area contributed by atoms with E-state index in [9.17, 15) is 4.79 Å². The lowest BCUT2D eigenvalue weighted by Gasteiger charge is -2.31. The number of unbranched alkanes of at least 4 members (excludes halogenated alkanes) is 1. The summed E-state index contributed by atoms with van der Waals surface area (Å²) < 4.78 is 8.05. The minimum Gasteiger partial charge on any atom is -0.478 e. The first kappa shape index (κ1) is 23.8. The highest BCUT2D eigenvalue weighted by Crippen LogP contribution is 2.34. The molecule has 2 aliphatic rings. The Hall–Kier alpha value is -1.43. The number of ether oxygens (including phenoxy) is 1. The molecule has 0 atom stereocenters. The Labute approximate surface area is 186 Å². The third-order valence-electron chi connectivity index (χ3n) is 6.00.